The van der Waals surface area contributed by atoms with Crippen LogP contribution in [0, 0.1) is 29.1 Å². The van der Waals surface area contributed by atoms with Gasteiger partial charge in [0.1, 0.15) is 5.56 Å². The maximum absolute atomic E-state index is 14.0. The van der Waals surface area contributed by atoms with Crippen LogP contribution in [0.5, 0.6) is 0 Å². The molecule has 226 valence electrons. The molecule has 5 rings (SSSR count). The summed E-state index contributed by atoms with van der Waals surface area (Å²) >= 11 is 1.43. The minimum Gasteiger partial charge on any atom is -0.392 e. The van der Waals surface area contributed by atoms with Crippen LogP contribution in [0.25, 0.3) is 0 Å². The molecule has 1 aliphatic heterocycles. The average molecular weight is 622 g/mol. The summed E-state index contributed by atoms with van der Waals surface area (Å²) in [6.45, 7) is -0.341. The van der Waals surface area contributed by atoms with Gasteiger partial charge in [-0.05, 0) is 27.1 Å². The van der Waals surface area contributed by atoms with Gasteiger partial charge in [0.2, 0.25) is 11.0 Å². The number of carbonyl (C=O) groups is 1. The molecule has 3 atom stereocenters. The molecule has 1 amide bonds. The zero-order chi connectivity index (χ0) is 30.7. The van der Waals surface area contributed by atoms with Crippen LogP contribution in [0.1, 0.15) is 51.4 Å². The molecule has 0 saturated carbocycles. The smallest absolute Gasteiger partial charge is 0.257 e. The number of hydrogen-bond donors (Lipinski definition) is 2. The van der Waals surface area contributed by atoms with Gasteiger partial charge in [0.05, 0.1) is 18.8 Å². The molecule has 0 bridgehead atoms. The summed E-state index contributed by atoms with van der Waals surface area (Å²) < 4.78 is 82.3. The largest absolute Gasteiger partial charge is 0.392 e. The van der Waals surface area contributed by atoms with E-state index in [1.165, 1.54) is 11.8 Å². The second-order valence-electron chi connectivity index (χ2n) is 9.62. The van der Waals surface area contributed by atoms with E-state index in [1.807, 2.05) is 24.3 Å². The van der Waals surface area contributed by atoms with E-state index in [0.717, 1.165) is 11.1 Å². The van der Waals surface area contributed by atoms with Crippen molar-refractivity contribution in [2.45, 2.75) is 43.2 Å². The quantitative estimate of drug-likeness (QED) is 0.120. The molecular weight excluding hydrogens is 597 g/mol. The molecule has 9 nitrogen and oxygen atoms in total. The molecule has 3 aromatic carbocycles. The van der Waals surface area contributed by atoms with Crippen molar-refractivity contribution in [1.29, 1.82) is 0 Å². The highest BCUT2D eigenvalue weighted by molar-refractivity contribution is 7.99. The second-order valence-corrected chi connectivity index (χ2v) is 10.6. The second kappa shape index (κ2) is 13.2. The lowest BCUT2D eigenvalue weighted by atomic mass is 10.0. The molecule has 0 unspecified atom stereocenters. The van der Waals surface area contributed by atoms with E-state index in [1.54, 1.807) is 36.0 Å². The Balaban J connectivity index is 1.29. The van der Waals surface area contributed by atoms with Crippen molar-refractivity contribution in [2.24, 2.45) is 7.05 Å². The number of tetrazole rings is 1. The van der Waals surface area contributed by atoms with Crippen LogP contribution >= 0.6 is 11.8 Å². The van der Waals surface area contributed by atoms with Crippen LogP contribution < -0.4 is 5.32 Å². The predicted molar refractivity (Wildman–Crippen MR) is 142 cm³/mol. The van der Waals surface area contributed by atoms with Crippen molar-refractivity contribution in [2.75, 3.05) is 5.75 Å². The van der Waals surface area contributed by atoms with E-state index in [2.05, 4.69) is 20.8 Å². The van der Waals surface area contributed by atoms with Crippen molar-refractivity contribution in [3.05, 3.63) is 105 Å². The maximum Gasteiger partial charge on any atom is 0.257 e. The van der Waals surface area contributed by atoms with Crippen LogP contribution in [0.2, 0.25) is 0 Å². The van der Waals surface area contributed by atoms with Crippen LogP contribution in [-0.2, 0) is 29.7 Å². The number of benzene rings is 3. The van der Waals surface area contributed by atoms with E-state index < -0.39 is 46.8 Å². The number of aliphatic hydroxyl groups excluding tert-OH is 1. The number of amides is 1. The van der Waals surface area contributed by atoms with E-state index in [9.17, 15) is 31.9 Å². The Morgan fingerprint density at radius 1 is 0.930 bits per heavy atom. The van der Waals surface area contributed by atoms with Gasteiger partial charge < -0.3 is 19.9 Å². The van der Waals surface area contributed by atoms with Crippen LogP contribution in [0.4, 0.5) is 22.0 Å². The number of nitrogens with one attached hydrogen (secondary N) is 1. The number of halogens is 5. The summed E-state index contributed by atoms with van der Waals surface area (Å²) in [5, 5.41) is 23.6. The lowest BCUT2D eigenvalue weighted by Gasteiger charge is -2.36. The van der Waals surface area contributed by atoms with Crippen molar-refractivity contribution in [3.8, 4) is 0 Å². The first kappa shape index (κ1) is 30.5. The molecule has 4 aromatic rings. The van der Waals surface area contributed by atoms with Gasteiger partial charge in [-0.1, -0.05) is 60.3 Å². The SMILES string of the molecule is Cn1nnnc1SC[C@@H]1C[C@H](c2ccc(CO)cc2)O[C@H](c2ccc(CNC(=O)c3c(F)c(F)c(F)c(F)c3F)cc2)O1. The first-order valence-corrected chi connectivity index (χ1v) is 13.9. The summed E-state index contributed by atoms with van der Waals surface area (Å²) in [6.07, 6.45) is -0.843. The number of aryl methyl sites for hydroxylation is 1. The molecule has 43 heavy (non-hydrogen) atoms. The summed E-state index contributed by atoms with van der Waals surface area (Å²) in [4.78, 5) is 12.3. The van der Waals surface area contributed by atoms with E-state index in [4.69, 9.17) is 9.47 Å². The Kier molecular flexibility index (Phi) is 9.34. The van der Waals surface area contributed by atoms with Crippen LogP contribution in [0.3, 0.4) is 0 Å². The molecule has 1 saturated heterocycles. The van der Waals surface area contributed by atoms with Gasteiger partial charge in [-0.3, -0.25) is 4.79 Å². The first-order valence-electron chi connectivity index (χ1n) is 12.9. The van der Waals surface area contributed by atoms with Gasteiger partial charge in [-0.15, -0.1) is 5.10 Å². The highest BCUT2D eigenvalue weighted by Gasteiger charge is 2.33. The van der Waals surface area contributed by atoms with Gasteiger partial charge in [-0.2, -0.15) is 0 Å². The van der Waals surface area contributed by atoms with E-state index in [0.29, 0.717) is 28.5 Å². The number of thioether (sulfide) groups is 1. The fourth-order valence-corrected chi connectivity index (χ4v) is 5.27. The normalized spacial score (nSPS) is 18.5. The molecule has 15 heteroatoms. The monoisotopic (exact) mass is 621 g/mol. The van der Waals surface area contributed by atoms with Crippen LogP contribution in [0.15, 0.2) is 53.7 Å². The van der Waals surface area contributed by atoms with Gasteiger partial charge in [0.25, 0.3) is 5.91 Å². The minimum absolute atomic E-state index is 0.0864. The van der Waals surface area contributed by atoms with Crippen molar-refractivity contribution < 1.29 is 41.3 Å². The fraction of sp³-hybridized carbons (Fsp3) is 0.286. The first-order chi connectivity index (χ1) is 20.7. The third kappa shape index (κ3) is 6.69. The van der Waals surface area contributed by atoms with Crippen molar-refractivity contribution >= 4 is 17.7 Å². The van der Waals surface area contributed by atoms with E-state index in [-0.39, 0.29) is 25.4 Å². The fourth-order valence-electron chi connectivity index (χ4n) is 4.40. The van der Waals surface area contributed by atoms with Gasteiger partial charge in [-0.25, -0.2) is 26.6 Å². The molecule has 1 fully saturated rings. The third-order valence-corrected chi connectivity index (χ3v) is 7.88. The average Bonchev–Trinajstić information content (AvgIpc) is 3.45. The minimum atomic E-state index is -2.34. The number of carbonyl (C=O) groups excluding carboxylic acids is 1. The zero-order valence-electron chi connectivity index (χ0n) is 22.4. The summed E-state index contributed by atoms with van der Waals surface area (Å²) in [5.41, 5.74) is 1.22. The van der Waals surface area contributed by atoms with Crippen molar-refractivity contribution in [1.82, 2.24) is 25.5 Å². The van der Waals surface area contributed by atoms with Gasteiger partial charge in [0, 0.05) is 31.3 Å². The molecule has 2 heterocycles. The number of hydrogen-bond acceptors (Lipinski definition) is 8. The zero-order valence-corrected chi connectivity index (χ0v) is 23.3. The van der Waals surface area contributed by atoms with Crippen molar-refractivity contribution in [3.63, 3.8) is 0 Å². The Bertz CT molecular complexity index is 1580. The third-order valence-electron chi connectivity index (χ3n) is 6.74. The summed E-state index contributed by atoms with van der Waals surface area (Å²) in [5.74, 6) is -12.1. The Morgan fingerprint density at radius 2 is 1.53 bits per heavy atom. The number of rotatable bonds is 9. The predicted octanol–water partition coefficient (Wildman–Crippen LogP) is 4.67. The molecule has 1 aromatic heterocycles. The number of aliphatic hydroxyl groups is 1. The number of ether oxygens (including phenoxy) is 2. The Labute approximate surface area is 246 Å². The number of aromatic nitrogens is 4. The lowest BCUT2D eigenvalue weighted by Crippen LogP contribution is -2.31. The molecule has 1 aliphatic rings. The number of nitrogens with zero attached hydrogens (tertiary/aromatic N) is 4. The molecule has 0 spiro atoms. The highest BCUT2D eigenvalue weighted by Crippen LogP contribution is 2.39. The lowest BCUT2D eigenvalue weighted by molar-refractivity contribution is -0.245. The maximum atomic E-state index is 14.0. The Morgan fingerprint density at radius 3 is 2.14 bits per heavy atom. The molecule has 0 radical (unpaired) electrons. The molecule has 2 N–H and O–H groups in total. The Hall–Kier alpha value is -3.92. The topological polar surface area (TPSA) is 111 Å². The molecule has 0 aliphatic carbocycles. The van der Waals surface area contributed by atoms with E-state index >= 15 is 0 Å². The van der Waals surface area contributed by atoms with Gasteiger partial charge in [0.15, 0.2) is 29.6 Å². The summed E-state index contributed by atoms with van der Waals surface area (Å²) in [6, 6.07) is 14.0. The van der Waals surface area contributed by atoms with Crippen LogP contribution in [-0.4, -0.2) is 43.1 Å². The highest BCUT2D eigenvalue weighted by atomic mass is 32.2. The summed E-state index contributed by atoms with van der Waals surface area (Å²) in [7, 11) is 1.73. The van der Waals surface area contributed by atoms with Gasteiger partial charge >= 0.3 is 0 Å². The molecular formula is C28H24F5N5O4S. The standard InChI is InChI=1S/C28H24F5N5O4S/c1-38-28(35-36-37-38)43-13-18-10-19(16-6-4-15(12-39)5-7-16)42-27(41-18)17-8-2-14(3-9-17)11-34-26(40)20-21(29)23(31)25(33)24(32)22(20)30/h2-9,18-19,27,39H,10-13H2,1H3,(H,34,40)/t18-,19+,27+/m0/s1.